The summed E-state index contributed by atoms with van der Waals surface area (Å²) in [7, 11) is 0.419. The van der Waals surface area contributed by atoms with Gasteiger partial charge in [0, 0.05) is 10.9 Å². The molecule has 1 heterocycles. The van der Waals surface area contributed by atoms with Gasteiger partial charge in [-0.1, -0.05) is 0 Å². The smallest absolute Gasteiger partial charge is 0.317 e. The van der Waals surface area contributed by atoms with Gasteiger partial charge in [-0.15, -0.1) is 0 Å². The van der Waals surface area contributed by atoms with E-state index in [9.17, 15) is 4.79 Å². The molecule has 5 fully saturated rings. The van der Waals surface area contributed by atoms with E-state index in [2.05, 4.69) is 26.0 Å². The number of ether oxygens (including phenoxy) is 1. The van der Waals surface area contributed by atoms with E-state index >= 15 is 0 Å². The summed E-state index contributed by atoms with van der Waals surface area (Å²) in [5.74, 6) is 5.94. The summed E-state index contributed by atoms with van der Waals surface area (Å²) in [5, 5.41) is 0. The highest BCUT2D eigenvalue weighted by Gasteiger charge is 2.55. The quantitative estimate of drug-likeness (QED) is 0.415. The Morgan fingerprint density at radius 3 is 1.96 bits per heavy atom. The van der Waals surface area contributed by atoms with Crippen LogP contribution in [0.3, 0.4) is 0 Å². The van der Waals surface area contributed by atoms with Gasteiger partial charge in [-0.25, -0.2) is 0 Å². The Labute approximate surface area is 160 Å². The van der Waals surface area contributed by atoms with Crippen LogP contribution in [0, 0.1) is 37.0 Å². The van der Waals surface area contributed by atoms with Crippen molar-refractivity contribution < 1.29 is 9.53 Å². The largest absolute Gasteiger partial charge is 0.426 e. The maximum atomic E-state index is 13.3. The standard InChI is InChI=1S/C23H31O2S/c1-15-7-20(26-5-3-4-6-26)8-16(2)21(15)25-22(24)23-12-17-9-18(13-23)11-19(10-17)14-23/h7-8,17-19H,3-6,9-14H2,1-2H3/q+1. The summed E-state index contributed by atoms with van der Waals surface area (Å²) in [6.45, 7) is 4.25. The highest BCUT2D eigenvalue weighted by atomic mass is 32.2. The van der Waals surface area contributed by atoms with Crippen LogP contribution in [-0.4, -0.2) is 17.5 Å². The topological polar surface area (TPSA) is 26.3 Å². The molecule has 4 aliphatic carbocycles. The third-order valence-electron chi connectivity index (χ3n) is 7.46. The van der Waals surface area contributed by atoms with Gasteiger partial charge in [-0.2, -0.15) is 0 Å². The maximum Gasteiger partial charge on any atom is 0.317 e. The van der Waals surface area contributed by atoms with Crippen molar-refractivity contribution in [3.63, 3.8) is 0 Å². The lowest BCUT2D eigenvalue weighted by molar-refractivity contribution is -0.161. The average Bonchev–Trinajstić information content (AvgIpc) is 3.11. The van der Waals surface area contributed by atoms with Crippen molar-refractivity contribution in [2.24, 2.45) is 23.2 Å². The fourth-order valence-corrected chi connectivity index (χ4v) is 9.16. The zero-order chi connectivity index (χ0) is 17.9. The van der Waals surface area contributed by atoms with Gasteiger partial charge in [-0.05, 0) is 106 Å². The molecule has 0 radical (unpaired) electrons. The van der Waals surface area contributed by atoms with Gasteiger partial charge >= 0.3 is 5.97 Å². The fourth-order valence-electron chi connectivity index (χ4n) is 6.69. The lowest BCUT2D eigenvalue weighted by atomic mass is 9.49. The first-order valence-electron chi connectivity index (χ1n) is 10.5. The number of hydrogen-bond donors (Lipinski definition) is 0. The molecule has 4 saturated carbocycles. The molecule has 140 valence electrons. The van der Waals surface area contributed by atoms with E-state index in [0.717, 1.165) is 53.9 Å². The monoisotopic (exact) mass is 371 g/mol. The number of benzene rings is 1. The minimum atomic E-state index is -0.167. The molecule has 0 atom stereocenters. The fraction of sp³-hybridized carbons (Fsp3) is 0.696. The number of carbonyl (C=O) groups is 1. The number of esters is 1. The predicted octanol–water partition coefficient (Wildman–Crippen LogP) is 5.20. The third-order valence-corrected chi connectivity index (χ3v) is 9.93. The highest BCUT2D eigenvalue weighted by molar-refractivity contribution is 7.97. The molecule has 6 rings (SSSR count). The van der Waals surface area contributed by atoms with Crippen LogP contribution in [0.5, 0.6) is 5.75 Å². The molecule has 4 bridgehead atoms. The Morgan fingerprint density at radius 1 is 0.962 bits per heavy atom. The first kappa shape index (κ1) is 17.2. The minimum absolute atomic E-state index is 0.0823. The van der Waals surface area contributed by atoms with Gasteiger partial charge in [-0.3, -0.25) is 4.79 Å². The van der Waals surface area contributed by atoms with Crippen LogP contribution in [0.1, 0.15) is 62.5 Å². The molecule has 0 N–H and O–H groups in total. The molecular formula is C23H31O2S+. The summed E-state index contributed by atoms with van der Waals surface area (Å²) in [5.41, 5.74) is 2.13. The van der Waals surface area contributed by atoms with Crippen LogP contribution in [0.4, 0.5) is 0 Å². The molecule has 0 amide bonds. The van der Waals surface area contributed by atoms with Crippen molar-refractivity contribution in [3.8, 4) is 5.75 Å². The van der Waals surface area contributed by atoms with Gasteiger partial charge in [0.25, 0.3) is 0 Å². The van der Waals surface area contributed by atoms with Crippen LogP contribution in [0.15, 0.2) is 17.0 Å². The molecule has 5 aliphatic rings. The molecule has 0 unspecified atom stereocenters. The minimum Gasteiger partial charge on any atom is -0.426 e. The van der Waals surface area contributed by atoms with Crippen LogP contribution in [0.2, 0.25) is 0 Å². The lowest BCUT2D eigenvalue weighted by Gasteiger charge is -2.55. The van der Waals surface area contributed by atoms with Gasteiger partial charge in [0.2, 0.25) is 0 Å². The third kappa shape index (κ3) is 2.82. The van der Waals surface area contributed by atoms with Crippen molar-refractivity contribution >= 4 is 16.9 Å². The highest BCUT2D eigenvalue weighted by Crippen LogP contribution is 2.60. The van der Waals surface area contributed by atoms with Crippen LogP contribution >= 0.6 is 0 Å². The zero-order valence-corrected chi connectivity index (χ0v) is 17.0. The van der Waals surface area contributed by atoms with E-state index < -0.39 is 0 Å². The molecule has 1 aromatic carbocycles. The van der Waals surface area contributed by atoms with E-state index in [1.165, 1.54) is 48.5 Å². The van der Waals surface area contributed by atoms with Gasteiger partial charge in [0.15, 0.2) is 4.90 Å². The Kier molecular flexibility index (Phi) is 4.15. The van der Waals surface area contributed by atoms with Crippen molar-refractivity contribution in [1.29, 1.82) is 0 Å². The van der Waals surface area contributed by atoms with Crippen LogP contribution < -0.4 is 4.74 Å². The van der Waals surface area contributed by atoms with Crippen molar-refractivity contribution in [1.82, 2.24) is 0 Å². The van der Waals surface area contributed by atoms with Gasteiger partial charge in [0.1, 0.15) is 17.3 Å². The number of hydrogen-bond acceptors (Lipinski definition) is 2. The second-order valence-corrected chi connectivity index (χ2v) is 11.9. The van der Waals surface area contributed by atoms with E-state index in [1.807, 2.05) is 0 Å². The summed E-state index contributed by atoms with van der Waals surface area (Å²) >= 11 is 0. The molecule has 1 aromatic rings. The summed E-state index contributed by atoms with van der Waals surface area (Å²) in [6, 6.07) is 4.59. The zero-order valence-electron chi connectivity index (χ0n) is 16.2. The van der Waals surface area contributed by atoms with Crippen LogP contribution in [-0.2, 0) is 15.7 Å². The Morgan fingerprint density at radius 2 is 1.46 bits per heavy atom. The molecule has 3 heteroatoms. The summed E-state index contributed by atoms with van der Waals surface area (Å²) in [6.07, 6.45) is 10.1. The van der Waals surface area contributed by atoms with E-state index in [0.29, 0.717) is 10.9 Å². The first-order chi connectivity index (χ1) is 12.5. The van der Waals surface area contributed by atoms with Gasteiger partial charge < -0.3 is 4.74 Å². The van der Waals surface area contributed by atoms with E-state index in [4.69, 9.17) is 4.74 Å². The van der Waals surface area contributed by atoms with E-state index in [1.54, 1.807) is 0 Å². The maximum absolute atomic E-state index is 13.3. The Bertz CT molecular complexity index is 673. The first-order valence-corrected chi connectivity index (χ1v) is 12.1. The summed E-state index contributed by atoms with van der Waals surface area (Å²) < 4.78 is 6.14. The second-order valence-electron chi connectivity index (χ2n) is 9.58. The average molecular weight is 372 g/mol. The Balaban J connectivity index is 1.38. The molecule has 2 nitrogen and oxygen atoms in total. The molecule has 1 saturated heterocycles. The molecule has 0 spiro atoms. The molecule has 1 aliphatic heterocycles. The molecular weight excluding hydrogens is 340 g/mol. The lowest BCUT2D eigenvalue weighted by Crippen LogP contribution is -2.51. The normalized spacial score (nSPS) is 35.8. The summed E-state index contributed by atoms with van der Waals surface area (Å²) in [4.78, 5) is 14.8. The number of carbonyl (C=O) groups excluding carboxylic acids is 1. The molecule has 26 heavy (non-hydrogen) atoms. The van der Waals surface area contributed by atoms with Crippen molar-refractivity contribution in [2.45, 2.75) is 70.1 Å². The van der Waals surface area contributed by atoms with E-state index in [-0.39, 0.29) is 11.4 Å². The number of aryl methyl sites for hydroxylation is 2. The molecule has 0 aromatic heterocycles. The van der Waals surface area contributed by atoms with Crippen molar-refractivity contribution in [2.75, 3.05) is 11.5 Å². The van der Waals surface area contributed by atoms with Gasteiger partial charge in [0.05, 0.1) is 5.41 Å². The second kappa shape index (κ2) is 6.29. The predicted molar refractivity (Wildman–Crippen MR) is 107 cm³/mol. The number of rotatable bonds is 3. The van der Waals surface area contributed by atoms with Crippen LogP contribution in [0.25, 0.3) is 0 Å². The Hall–Kier alpha value is -0.960. The SMILES string of the molecule is Cc1cc([S+]2CCCC2)cc(C)c1OC(=O)C12CC3CC(CC(C3)C1)C2. The van der Waals surface area contributed by atoms with Crippen molar-refractivity contribution in [3.05, 3.63) is 23.3 Å².